The molecule has 0 aromatic heterocycles. The maximum absolute atomic E-state index is 11.4. The lowest BCUT2D eigenvalue weighted by Gasteiger charge is -2.13. The van der Waals surface area contributed by atoms with Gasteiger partial charge >= 0.3 is 5.97 Å². The van der Waals surface area contributed by atoms with Crippen molar-refractivity contribution >= 4 is 17.8 Å². The van der Waals surface area contributed by atoms with Crippen LogP contribution >= 0.6 is 0 Å². The van der Waals surface area contributed by atoms with E-state index in [0.717, 1.165) is 0 Å². The molecular formula is C11H20N2O4. The first kappa shape index (κ1) is 15.4. The van der Waals surface area contributed by atoms with E-state index in [-0.39, 0.29) is 30.7 Å². The summed E-state index contributed by atoms with van der Waals surface area (Å²) in [6, 6.07) is -0.0424. The second kappa shape index (κ2) is 8.55. The number of hydrogen-bond donors (Lipinski definition) is 3. The maximum Gasteiger partial charge on any atom is 0.303 e. The van der Waals surface area contributed by atoms with Gasteiger partial charge in [0.1, 0.15) is 0 Å². The Bertz CT molecular complexity index is 279. The molecular weight excluding hydrogens is 224 g/mol. The molecule has 0 fully saturated rings. The number of carbonyl (C=O) groups excluding carboxylic acids is 2. The summed E-state index contributed by atoms with van der Waals surface area (Å²) < 4.78 is 0. The van der Waals surface area contributed by atoms with Crippen molar-refractivity contribution in [2.24, 2.45) is 0 Å². The van der Waals surface area contributed by atoms with Crippen LogP contribution in [0.2, 0.25) is 0 Å². The molecule has 0 bridgehead atoms. The van der Waals surface area contributed by atoms with Gasteiger partial charge in [-0.2, -0.15) is 0 Å². The van der Waals surface area contributed by atoms with Crippen molar-refractivity contribution < 1.29 is 19.5 Å². The molecule has 0 aliphatic heterocycles. The average molecular weight is 244 g/mol. The van der Waals surface area contributed by atoms with Gasteiger partial charge in [0, 0.05) is 32.4 Å². The van der Waals surface area contributed by atoms with E-state index in [2.05, 4.69) is 10.6 Å². The van der Waals surface area contributed by atoms with Crippen LogP contribution in [0, 0.1) is 0 Å². The van der Waals surface area contributed by atoms with Crippen LogP contribution in [0.25, 0.3) is 0 Å². The lowest BCUT2D eigenvalue weighted by molar-refractivity contribution is -0.137. The molecule has 1 unspecified atom stereocenters. The molecule has 0 aromatic carbocycles. The molecule has 0 spiro atoms. The van der Waals surface area contributed by atoms with Crippen LogP contribution in [0.3, 0.4) is 0 Å². The van der Waals surface area contributed by atoms with E-state index in [0.29, 0.717) is 19.4 Å². The number of nitrogens with one attached hydrogen (secondary N) is 2. The van der Waals surface area contributed by atoms with E-state index in [4.69, 9.17) is 5.11 Å². The molecule has 0 saturated carbocycles. The molecule has 0 aromatic rings. The van der Waals surface area contributed by atoms with Gasteiger partial charge in [-0.15, -0.1) is 0 Å². The predicted molar refractivity (Wildman–Crippen MR) is 62.4 cm³/mol. The lowest BCUT2D eigenvalue weighted by atomic mass is 10.1. The Morgan fingerprint density at radius 3 is 2.41 bits per heavy atom. The fourth-order valence-electron chi connectivity index (χ4n) is 1.33. The van der Waals surface area contributed by atoms with Gasteiger partial charge in [0.15, 0.2) is 0 Å². The third-order valence-corrected chi connectivity index (χ3v) is 2.16. The highest BCUT2D eigenvalue weighted by molar-refractivity contribution is 5.78. The standard InChI is InChI=1S/C11H20N2O4/c1-8(4-3-5-11(16)17)13-10(15)6-7-12-9(2)14/h8H,3-7H2,1-2H3,(H,12,14)(H,13,15)(H,16,17). The number of carboxylic acid groups (broad SMARTS) is 1. The molecule has 0 saturated heterocycles. The van der Waals surface area contributed by atoms with E-state index in [1.807, 2.05) is 6.92 Å². The van der Waals surface area contributed by atoms with Gasteiger partial charge in [-0.1, -0.05) is 0 Å². The summed E-state index contributed by atoms with van der Waals surface area (Å²) in [4.78, 5) is 32.2. The van der Waals surface area contributed by atoms with Crippen LogP contribution in [-0.4, -0.2) is 35.5 Å². The average Bonchev–Trinajstić information content (AvgIpc) is 2.15. The van der Waals surface area contributed by atoms with Gasteiger partial charge < -0.3 is 15.7 Å². The first-order valence-corrected chi connectivity index (χ1v) is 5.67. The Hall–Kier alpha value is -1.59. The summed E-state index contributed by atoms with van der Waals surface area (Å²) >= 11 is 0. The molecule has 98 valence electrons. The van der Waals surface area contributed by atoms with Gasteiger partial charge in [0.05, 0.1) is 0 Å². The topological polar surface area (TPSA) is 95.5 Å². The van der Waals surface area contributed by atoms with Gasteiger partial charge in [0.2, 0.25) is 11.8 Å². The number of aliphatic carboxylic acids is 1. The molecule has 17 heavy (non-hydrogen) atoms. The van der Waals surface area contributed by atoms with E-state index in [9.17, 15) is 14.4 Å². The molecule has 0 radical (unpaired) electrons. The van der Waals surface area contributed by atoms with E-state index in [1.165, 1.54) is 6.92 Å². The highest BCUT2D eigenvalue weighted by Gasteiger charge is 2.08. The van der Waals surface area contributed by atoms with E-state index in [1.54, 1.807) is 0 Å². The number of carboxylic acids is 1. The van der Waals surface area contributed by atoms with Gasteiger partial charge in [-0.05, 0) is 19.8 Å². The summed E-state index contributed by atoms with van der Waals surface area (Å²) in [5.74, 6) is -1.12. The molecule has 3 N–H and O–H groups in total. The molecule has 0 rings (SSSR count). The molecule has 2 amide bonds. The minimum absolute atomic E-state index is 0.0424. The fraction of sp³-hybridized carbons (Fsp3) is 0.727. The Balaban J connectivity index is 3.58. The van der Waals surface area contributed by atoms with E-state index < -0.39 is 5.97 Å². The number of carbonyl (C=O) groups is 3. The van der Waals surface area contributed by atoms with Gasteiger partial charge in [-0.25, -0.2) is 0 Å². The van der Waals surface area contributed by atoms with Crippen molar-refractivity contribution in [2.75, 3.05) is 6.54 Å². The van der Waals surface area contributed by atoms with Crippen LogP contribution in [-0.2, 0) is 14.4 Å². The molecule has 0 aliphatic rings. The summed E-state index contributed by atoms with van der Waals surface area (Å²) in [6.07, 6.45) is 1.54. The van der Waals surface area contributed by atoms with Crippen molar-refractivity contribution in [1.29, 1.82) is 0 Å². The lowest BCUT2D eigenvalue weighted by Crippen LogP contribution is -2.35. The first-order chi connectivity index (χ1) is 7.91. The van der Waals surface area contributed by atoms with Crippen molar-refractivity contribution in [1.82, 2.24) is 10.6 Å². The first-order valence-electron chi connectivity index (χ1n) is 5.67. The largest absolute Gasteiger partial charge is 0.481 e. The van der Waals surface area contributed by atoms with Crippen molar-refractivity contribution in [3.05, 3.63) is 0 Å². The third kappa shape index (κ3) is 10.7. The van der Waals surface area contributed by atoms with Crippen LogP contribution in [0.15, 0.2) is 0 Å². The zero-order valence-electron chi connectivity index (χ0n) is 10.3. The Morgan fingerprint density at radius 1 is 1.24 bits per heavy atom. The monoisotopic (exact) mass is 244 g/mol. The summed E-state index contributed by atoms with van der Waals surface area (Å²) in [6.45, 7) is 3.55. The molecule has 6 nitrogen and oxygen atoms in total. The van der Waals surface area contributed by atoms with Crippen LogP contribution in [0.5, 0.6) is 0 Å². The number of rotatable bonds is 8. The fourth-order valence-corrected chi connectivity index (χ4v) is 1.33. The number of hydrogen-bond acceptors (Lipinski definition) is 3. The second-order valence-electron chi connectivity index (χ2n) is 3.99. The van der Waals surface area contributed by atoms with Crippen LogP contribution in [0.1, 0.15) is 39.5 Å². The smallest absolute Gasteiger partial charge is 0.303 e. The SMILES string of the molecule is CC(=O)NCCC(=O)NC(C)CCCC(=O)O. The highest BCUT2D eigenvalue weighted by atomic mass is 16.4. The summed E-state index contributed by atoms with van der Waals surface area (Å²) in [7, 11) is 0. The van der Waals surface area contributed by atoms with E-state index >= 15 is 0 Å². The Labute approximate surface area is 101 Å². The highest BCUT2D eigenvalue weighted by Crippen LogP contribution is 2.00. The maximum atomic E-state index is 11.4. The molecule has 6 heteroatoms. The van der Waals surface area contributed by atoms with Crippen molar-refractivity contribution in [3.63, 3.8) is 0 Å². The molecule has 0 aliphatic carbocycles. The normalized spacial score (nSPS) is 11.6. The Kier molecular flexibility index (Phi) is 7.75. The van der Waals surface area contributed by atoms with Crippen molar-refractivity contribution in [2.45, 2.75) is 45.6 Å². The summed E-state index contributed by atoms with van der Waals surface area (Å²) in [5.41, 5.74) is 0. The third-order valence-electron chi connectivity index (χ3n) is 2.16. The molecule has 0 heterocycles. The zero-order chi connectivity index (χ0) is 13.3. The van der Waals surface area contributed by atoms with Crippen LogP contribution < -0.4 is 10.6 Å². The quantitative estimate of drug-likeness (QED) is 0.571. The number of amides is 2. The Morgan fingerprint density at radius 2 is 1.88 bits per heavy atom. The molecule has 1 atom stereocenters. The predicted octanol–water partition coefficient (Wildman–Crippen LogP) is 0.272. The zero-order valence-corrected chi connectivity index (χ0v) is 10.3. The minimum Gasteiger partial charge on any atom is -0.481 e. The van der Waals surface area contributed by atoms with Gasteiger partial charge in [0.25, 0.3) is 0 Å². The van der Waals surface area contributed by atoms with Gasteiger partial charge in [-0.3, -0.25) is 14.4 Å². The van der Waals surface area contributed by atoms with Crippen LogP contribution in [0.4, 0.5) is 0 Å². The van der Waals surface area contributed by atoms with Crippen molar-refractivity contribution in [3.8, 4) is 0 Å². The second-order valence-corrected chi connectivity index (χ2v) is 3.99. The minimum atomic E-state index is -0.825. The summed E-state index contributed by atoms with van der Waals surface area (Å²) in [5, 5.41) is 13.7.